The van der Waals surface area contributed by atoms with E-state index in [4.69, 9.17) is 9.84 Å². The van der Waals surface area contributed by atoms with Crippen LogP contribution in [0.15, 0.2) is 48.8 Å². The molecule has 0 radical (unpaired) electrons. The lowest BCUT2D eigenvalue weighted by Crippen LogP contribution is -2.03. The Kier molecular flexibility index (Phi) is 3.31. The number of rotatable bonds is 4. The van der Waals surface area contributed by atoms with Gasteiger partial charge < -0.3 is 9.84 Å². The third kappa shape index (κ3) is 2.58. The summed E-state index contributed by atoms with van der Waals surface area (Å²) in [5, 5.41) is 9.14. The highest BCUT2D eigenvalue weighted by molar-refractivity contribution is 5.94. The third-order valence-corrected chi connectivity index (χ3v) is 3.25. The first-order valence-corrected chi connectivity index (χ1v) is 6.53. The number of ether oxygens (including phenoxy) is 1. The van der Waals surface area contributed by atoms with Gasteiger partial charge in [0.1, 0.15) is 17.9 Å². The van der Waals surface area contributed by atoms with Crippen LogP contribution in [0, 0.1) is 6.92 Å². The Bertz CT molecular complexity index is 791. The average Bonchev–Trinajstić information content (AvgIpc) is 2.89. The van der Waals surface area contributed by atoms with E-state index in [9.17, 15) is 4.79 Å². The fourth-order valence-corrected chi connectivity index (χ4v) is 2.13. The van der Waals surface area contributed by atoms with Crippen LogP contribution in [-0.2, 0) is 6.61 Å². The molecule has 106 valence electrons. The second-order valence-electron chi connectivity index (χ2n) is 4.77. The molecule has 0 amide bonds. The van der Waals surface area contributed by atoms with E-state index >= 15 is 0 Å². The predicted molar refractivity (Wildman–Crippen MR) is 77.7 cm³/mol. The van der Waals surface area contributed by atoms with E-state index < -0.39 is 5.97 Å². The molecule has 0 fully saturated rings. The normalized spacial score (nSPS) is 10.7. The standard InChI is InChI=1S/C16H14N2O3/c1-11-4-6-13(7-5-11)21-10-12-9-17-15-14(16(19)20)3-2-8-18(12)15/h2-9H,10H2,1H3,(H,19,20). The van der Waals surface area contributed by atoms with E-state index in [-0.39, 0.29) is 5.56 Å². The van der Waals surface area contributed by atoms with Crippen molar-refractivity contribution in [2.24, 2.45) is 0 Å². The van der Waals surface area contributed by atoms with Crippen molar-refractivity contribution >= 4 is 11.6 Å². The molecule has 0 aliphatic rings. The lowest BCUT2D eigenvalue weighted by Gasteiger charge is -2.06. The molecule has 5 nitrogen and oxygen atoms in total. The van der Waals surface area contributed by atoms with Gasteiger partial charge in [0.2, 0.25) is 0 Å². The molecule has 0 spiro atoms. The fourth-order valence-electron chi connectivity index (χ4n) is 2.13. The Morgan fingerprint density at radius 1 is 1.29 bits per heavy atom. The first-order valence-electron chi connectivity index (χ1n) is 6.53. The molecule has 3 rings (SSSR count). The van der Waals surface area contributed by atoms with Crippen LogP contribution in [0.5, 0.6) is 5.75 Å². The number of nitrogens with zero attached hydrogens (tertiary/aromatic N) is 2. The Morgan fingerprint density at radius 3 is 2.76 bits per heavy atom. The van der Waals surface area contributed by atoms with E-state index in [0.29, 0.717) is 12.3 Å². The molecule has 2 aromatic heterocycles. The maximum absolute atomic E-state index is 11.2. The topological polar surface area (TPSA) is 63.8 Å². The van der Waals surface area contributed by atoms with Crippen molar-refractivity contribution in [3.05, 3.63) is 65.6 Å². The van der Waals surface area contributed by atoms with Crippen molar-refractivity contribution in [3.8, 4) is 5.75 Å². The van der Waals surface area contributed by atoms with E-state index in [1.165, 1.54) is 11.6 Å². The van der Waals surface area contributed by atoms with Gasteiger partial charge in [0, 0.05) is 6.20 Å². The van der Waals surface area contributed by atoms with Crippen LogP contribution in [-0.4, -0.2) is 20.5 Å². The molecule has 21 heavy (non-hydrogen) atoms. The Balaban J connectivity index is 1.86. The second-order valence-corrected chi connectivity index (χ2v) is 4.77. The Hall–Kier alpha value is -2.82. The molecular weight excluding hydrogens is 268 g/mol. The lowest BCUT2D eigenvalue weighted by molar-refractivity contribution is 0.0698. The zero-order valence-electron chi connectivity index (χ0n) is 11.5. The van der Waals surface area contributed by atoms with Gasteiger partial charge in [0.15, 0.2) is 5.65 Å². The molecule has 0 saturated heterocycles. The summed E-state index contributed by atoms with van der Waals surface area (Å²) < 4.78 is 7.44. The molecule has 0 unspecified atom stereocenters. The van der Waals surface area contributed by atoms with Gasteiger partial charge in [-0.25, -0.2) is 9.78 Å². The summed E-state index contributed by atoms with van der Waals surface area (Å²) in [6, 6.07) is 11.0. The monoisotopic (exact) mass is 282 g/mol. The van der Waals surface area contributed by atoms with Crippen LogP contribution in [0.4, 0.5) is 0 Å². The first kappa shape index (κ1) is 13.2. The number of carboxylic acid groups (broad SMARTS) is 1. The number of aryl methyl sites for hydroxylation is 1. The minimum Gasteiger partial charge on any atom is -0.487 e. The molecule has 3 aromatic rings. The van der Waals surface area contributed by atoms with Gasteiger partial charge in [0.25, 0.3) is 0 Å². The molecule has 0 aliphatic carbocycles. The highest BCUT2D eigenvalue weighted by Crippen LogP contribution is 2.16. The summed E-state index contributed by atoms with van der Waals surface area (Å²) in [6.07, 6.45) is 3.42. The number of carboxylic acids is 1. The van der Waals surface area contributed by atoms with Crippen LogP contribution in [0.2, 0.25) is 0 Å². The zero-order chi connectivity index (χ0) is 14.8. The number of hydrogen-bond donors (Lipinski definition) is 1. The summed E-state index contributed by atoms with van der Waals surface area (Å²) in [5.41, 5.74) is 2.57. The quantitative estimate of drug-likeness (QED) is 0.799. The largest absolute Gasteiger partial charge is 0.487 e. The van der Waals surface area contributed by atoms with Crippen molar-refractivity contribution in [3.63, 3.8) is 0 Å². The Labute approximate surface area is 121 Å². The van der Waals surface area contributed by atoms with Gasteiger partial charge in [0.05, 0.1) is 11.9 Å². The van der Waals surface area contributed by atoms with E-state index in [2.05, 4.69) is 4.98 Å². The summed E-state index contributed by atoms with van der Waals surface area (Å²) in [5.74, 6) is -0.220. The van der Waals surface area contributed by atoms with Gasteiger partial charge in [-0.3, -0.25) is 4.40 Å². The van der Waals surface area contributed by atoms with Gasteiger partial charge in [-0.05, 0) is 31.2 Å². The van der Waals surface area contributed by atoms with Crippen LogP contribution < -0.4 is 4.74 Å². The van der Waals surface area contributed by atoms with Gasteiger partial charge in [-0.15, -0.1) is 0 Å². The van der Waals surface area contributed by atoms with Crippen LogP contribution >= 0.6 is 0 Å². The third-order valence-electron chi connectivity index (χ3n) is 3.25. The van der Waals surface area contributed by atoms with Gasteiger partial charge in [-0.2, -0.15) is 0 Å². The zero-order valence-corrected chi connectivity index (χ0v) is 11.5. The molecule has 5 heteroatoms. The summed E-state index contributed by atoms with van der Waals surface area (Å²) in [4.78, 5) is 15.3. The lowest BCUT2D eigenvalue weighted by atomic mass is 10.2. The number of fused-ring (bicyclic) bond motifs is 1. The molecule has 0 aliphatic heterocycles. The maximum atomic E-state index is 11.2. The van der Waals surface area contributed by atoms with Crippen molar-refractivity contribution < 1.29 is 14.6 Å². The number of pyridine rings is 1. The molecule has 0 bridgehead atoms. The second kappa shape index (κ2) is 5.28. The van der Waals surface area contributed by atoms with E-state index in [0.717, 1.165) is 11.4 Å². The molecule has 0 atom stereocenters. The molecule has 1 N–H and O–H groups in total. The smallest absolute Gasteiger partial charge is 0.339 e. The van der Waals surface area contributed by atoms with Crippen LogP contribution in [0.3, 0.4) is 0 Å². The highest BCUT2D eigenvalue weighted by atomic mass is 16.5. The molecule has 0 saturated carbocycles. The van der Waals surface area contributed by atoms with Gasteiger partial charge >= 0.3 is 5.97 Å². The molecule has 2 heterocycles. The summed E-state index contributed by atoms with van der Waals surface area (Å²) in [6.45, 7) is 2.34. The number of aromatic nitrogens is 2. The molecular formula is C16H14N2O3. The first-order chi connectivity index (χ1) is 10.1. The van der Waals surface area contributed by atoms with Crippen molar-refractivity contribution in [2.45, 2.75) is 13.5 Å². The van der Waals surface area contributed by atoms with Gasteiger partial charge in [-0.1, -0.05) is 17.7 Å². The van der Waals surface area contributed by atoms with Crippen molar-refractivity contribution in [2.75, 3.05) is 0 Å². The van der Waals surface area contributed by atoms with Crippen molar-refractivity contribution in [1.29, 1.82) is 0 Å². The van der Waals surface area contributed by atoms with Crippen LogP contribution in [0.1, 0.15) is 21.6 Å². The molecule has 1 aromatic carbocycles. The summed E-state index contributed by atoms with van der Waals surface area (Å²) in [7, 11) is 0. The number of benzene rings is 1. The van der Waals surface area contributed by atoms with E-state index in [1.54, 1.807) is 22.9 Å². The highest BCUT2D eigenvalue weighted by Gasteiger charge is 2.12. The average molecular weight is 282 g/mol. The number of aromatic carboxylic acids is 1. The minimum atomic E-state index is -0.989. The number of imidazole rings is 1. The predicted octanol–water partition coefficient (Wildman–Crippen LogP) is 2.92. The van der Waals surface area contributed by atoms with Crippen LogP contribution in [0.25, 0.3) is 5.65 Å². The number of carbonyl (C=O) groups is 1. The minimum absolute atomic E-state index is 0.180. The Morgan fingerprint density at radius 2 is 2.05 bits per heavy atom. The van der Waals surface area contributed by atoms with E-state index in [1.807, 2.05) is 31.2 Å². The van der Waals surface area contributed by atoms with Crippen molar-refractivity contribution in [1.82, 2.24) is 9.38 Å². The maximum Gasteiger partial charge on any atom is 0.339 e. The number of hydrogen-bond acceptors (Lipinski definition) is 3. The summed E-state index contributed by atoms with van der Waals surface area (Å²) >= 11 is 0. The SMILES string of the molecule is Cc1ccc(OCc2cnc3c(C(=O)O)cccn23)cc1. The fraction of sp³-hybridized carbons (Fsp3) is 0.125.